The van der Waals surface area contributed by atoms with Crippen LogP contribution in [0, 0.1) is 5.92 Å². The Morgan fingerprint density at radius 2 is 1.73 bits per heavy atom. The fraction of sp³-hybridized carbons (Fsp3) is 1.00. The third-order valence-corrected chi connectivity index (χ3v) is 3.18. The summed E-state index contributed by atoms with van der Waals surface area (Å²) in [7, 11) is 0. The molecule has 0 saturated heterocycles. The molecular formula is C10H19N. The molecule has 1 N–H and O–H groups in total. The van der Waals surface area contributed by atoms with E-state index in [4.69, 9.17) is 0 Å². The zero-order chi connectivity index (χ0) is 7.68. The van der Waals surface area contributed by atoms with Gasteiger partial charge in [-0.1, -0.05) is 12.8 Å². The van der Waals surface area contributed by atoms with Crippen LogP contribution >= 0.6 is 0 Å². The lowest BCUT2D eigenvalue weighted by Crippen LogP contribution is -2.35. The lowest BCUT2D eigenvalue weighted by Gasteiger charge is -2.18. The standard InChI is InChI=1S/C10H19N/c1-8(9-6-7-9)11-10-4-2-3-5-10/h8-11H,2-7H2,1H3. The van der Waals surface area contributed by atoms with E-state index in [1.165, 1.54) is 38.5 Å². The van der Waals surface area contributed by atoms with E-state index in [-0.39, 0.29) is 0 Å². The van der Waals surface area contributed by atoms with Gasteiger partial charge in [0, 0.05) is 12.1 Å². The molecule has 1 nitrogen and oxygen atoms in total. The summed E-state index contributed by atoms with van der Waals surface area (Å²) in [5.74, 6) is 1.02. The monoisotopic (exact) mass is 153 g/mol. The zero-order valence-electron chi connectivity index (χ0n) is 7.47. The molecule has 2 aliphatic carbocycles. The lowest BCUT2D eigenvalue weighted by molar-refractivity contribution is 0.419. The highest BCUT2D eigenvalue weighted by molar-refractivity contribution is 4.86. The summed E-state index contributed by atoms with van der Waals surface area (Å²) >= 11 is 0. The van der Waals surface area contributed by atoms with Crippen LogP contribution < -0.4 is 5.32 Å². The molecule has 1 heteroatoms. The molecule has 0 bridgehead atoms. The lowest BCUT2D eigenvalue weighted by atomic mass is 10.1. The van der Waals surface area contributed by atoms with Gasteiger partial charge in [0.05, 0.1) is 0 Å². The molecule has 0 aliphatic heterocycles. The van der Waals surface area contributed by atoms with Crippen LogP contribution in [0.3, 0.4) is 0 Å². The van der Waals surface area contributed by atoms with Gasteiger partial charge in [-0.25, -0.2) is 0 Å². The van der Waals surface area contributed by atoms with Crippen molar-refractivity contribution in [1.82, 2.24) is 5.32 Å². The Hall–Kier alpha value is -0.0400. The van der Waals surface area contributed by atoms with Gasteiger partial charge < -0.3 is 5.32 Å². The highest BCUT2D eigenvalue weighted by Gasteiger charge is 2.29. The maximum Gasteiger partial charge on any atom is 0.00696 e. The Morgan fingerprint density at radius 1 is 1.09 bits per heavy atom. The molecule has 64 valence electrons. The van der Waals surface area contributed by atoms with E-state index in [1.807, 2.05) is 0 Å². The molecule has 0 amide bonds. The maximum absolute atomic E-state index is 3.74. The van der Waals surface area contributed by atoms with Crippen molar-refractivity contribution < 1.29 is 0 Å². The van der Waals surface area contributed by atoms with E-state index >= 15 is 0 Å². The molecule has 0 heterocycles. The first-order valence-corrected chi connectivity index (χ1v) is 5.12. The Morgan fingerprint density at radius 3 is 2.27 bits per heavy atom. The second kappa shape index (κ2) is 3.14. The van der Waals surface area contributed by atoms with Gasteiger partial charge >= 0.3 is 0 Å². The van der Waals surface area contributed by atoms with Gasteiger partial charge in [-0.2, -0.15) is 0 Å². The number of hydrogen-bond donors (Lipinski definition) is 1. The van der Waals surface area contributed by atoms with Crippen molar-refractivity contribution in [3.05, 3.63) is 0 Å². The van der Waals surface area contributed by atoms with Crippen LogP contribution in [-0.2, 0) is 0 Å². The average molecular weight is 153 g/mol. The first kappa shape index (κ1) is 7.60. The molecule has 1 unspecified atom stereocenters. The average Bonchev–Trinajstić information content (AvgIpc) is 2.73. The molecule has 1 atom stereocenters. The third-order valence-electron chi connectivity index (χ3n) is 3.18. The zero-order valence-corrected chi connectivity index (χ0v) is 7.47. The van der Waals surface area contributed by atoms with Gasteiger partial charge in [0.1, 0.15) is 0 Å². The van der Waals surface area contributed by atoms with Gasteiger partial charge in [0.25, 0.3) is 0 Å². The van der Waals surface area contributed by atoms with Crippen molar-refractivity contribution in [3.8, 4) is 0 Å². The summed E-state index contributed by atoms with van der Waals surface area (Å²) in [6.45, 7) is 2.36. The predicted octanol–water partition coefficient (Wildman–Crippen LogP) is 2.32. The Labute approximate surface area is 69.6 Å². The molecule has 2 saturated carbocycles. The van der Waals surface area contributed by atoms with Crippen LogP contribution in [0.4, 0.5) is 0 Å². The quantitative estimate of drug-likeness (QED) is 0.656. The van der Waals surface area contributed by atoms with Gasteiger partial charge in [-0.15, -0.1) is 0 Å². The van der Waals surface area contributed by atoms with Gasteiger partial charge in [-0.05, 0) is 38.5 Å². The van der Waals surface area contributed by atoms with Crippen molar-refractivity contribution >= 4 is 0 Å². The van der Waals surface area contributed by atoms with Crippen LogP contribution in [0.5, 0.6) is 0 Å². The van der Waals surface area contributed by atoms with Crippen molar-refractivity contribution in [2.24, 2.45) is 5.92 Å². The second-order valence-corrected chi connectivity index (χ2v) is 4.27. The largest absolute Gasteiger partial charge is 0.311 e. The minimum Gasteiger partial charge on any atom is -0.311 e. The van der Waals surface area contributed by atoms with E-state index in [0.29, 0.717) is 0 Å². The van der Waals surface area contributed by atoms with Crippen LogP contribution in [-0.4, -0.2) is 12.1 Å². The number of nitrogens with one attached hydrogen (secondary N) is 1. The van der Waals surface area contributed by atoms with Crippen LogP contribution in [0.15, 0.2) is 0 Å². The summed E-state index contributed by atoms with van der Waals surface area (Å²) in [6.07, 6.45) is 8.71. The molecule has 2 aliphatic rings. The topological polar surface area (TPSA) is 12.0 Å². The number of hydrogen-bond acceptors (Lipinski definition) is 1. The van der Waals surface area contributed by atoms with E-state index in [9.17, 15) is 0 Å². The summed E-state index contributed by atoms with van der Waals surface area (Å²) in [5.41, 5.74) is 0. The molecular weight excluding hydrogens is 134 g/mol. The molecule has 0 aromatic heterocycles. The van der Waals surface area contributed by atoms with Crippen molar-refractivity contribution in [2.75, 3.05) is 0 Å². The van der Waals surface area contributed by atoms with Crippen LogP contribution in [0.1, 0.15) is 45.4 Å². The summed E-state index contributed by atoms with van der Waals surface area (Å²) in [4.78, 5) is 0. The van der Waals surface area contributed by atoms with E-state index in [2.05, 4.69) is 12.2 Å². The Balaban J connectivity index is 1.70. The summed E-state index contributed by atoms with van der Waals surface area (Å²) in [5, 5.41) is 3.74. The normalized spacial score (nSPS) is 29.2. The van der Waals surface area contributed by atoms with Crippen molar-refractivity contribution in [2.45, 2.75) is 57.5 Å². The third kappa shape index (κ3) is 1.96. The van der Waals surface area contributed by atoms with Crippen molar-refractivity contribution in [3.63, 3.8) is 0 Å². The molecule has 11 heavy (non-hydrogen) atoms. The fourth-order valence-corrected chi connectivity index (χ4v) is 2.20. The molecule has 2 rings (SSSR count). The Kier molecular flexibility index (Phi) is 2.17. The first-order valence-electron chi connectivity index (χ1n) is 5.12. The van der Waals surface area contributed by atoms with Crippen molar-refractivity contribution in [1.29, 1.82) is 0 Å². The smallest absolute Gasteiger partial charge is 0.00696 e. The van der Waals surface area contributed by atoms with E-state index in [1.54, 1.807) is 0 Å². The fourth-order valence-electron chi connectivity index (χ4n) is 2.20. The highest BCUT2D eigenvalue weighted by Crippen LogP contribution is 2.33. The molecule has 0 radical (unpaired) electrons. The van der Waals surface area contributed by atoms with E-state index < -0.39 is 0 Å². The van der Waals surface area contributed by atoms with Gasteiger partial charge in [-0.3, -0.25) is 0 Å². The second-order valence-electron chi connectivity index (χ2n) is 4.27. The molecule has 0 aromatic rings. The molecule has 0 aromatic carbocycles. The SMILES string of the molecule is CC(NC1CCCC1)C1CC1. The minimum atomic E-state index is 0.804. The summed E-state index contributed by atoms with van der Waals surface area (Å²) in [6, 6.07) is 1.67. The van der Waals surface area contributed by atoms with E-state index in [0.717, 1.165) is 18.0 Å². The molecule has 0 spiro atoms. The van der Waals surface area contributed by atoms with Gasteiger partial charge in [0.15, 0.2) is 0 Å². The van der Waals surface area contributed by atoms with Gasteiger partial charge in [0.2, 0.25) is 0 Å². The minimum absolute atomic E-state index is 0.804. The number of rotatable bonds is 3. The van der Waals surface area contributed by atoms with Crippen LogP contribution in [0.25, 0.3) is 0 Å². The highest BCUT2D eigenvalue weighted by atomic mass is 15.0. The predicted molar refractivity (Wildman–Crippen MR) is 47.6 cm³/mol. The molecule has 2 fully saturated rings. The Bertz CT molecular complexity index is 123. The van der Waals surface area contributed by atoms with Crippen LogP contribution in [0.2, 0.25) is 0 Å². The maximum atomic E-state index is 3.74. The first-order chi connectivity index (χ1) is 5.36. The summed E-state index contributed by atoms with van der Waals surface area (Å²) < 4.78 is 0.